The van der Waals surface area contributed by atoms with Crippen molar-refractivity contribution in [2.75, 3.05) is 11.9 Å². The Morgan fingerprint density at radius 3 is 2.33 bits per heavy atom. The number of benzene rings is 1. The zero-order chi connectivity index (χ0) is 17.3. The van der Waals surface area contributed by atoms with Crippen LogP contribution in [-0.4, -0.2) is 18.6 Å². The van der Waals surface area contributed by atoms with Crippen molar-refractivity contribution in [3.8, 4) is 0 Å². The van der Waals surface area contributed by atoms with E-state index < -0.39 is 0 Å². The molecule has 1 aliphatic carbocycles. The van der Waals surface area contributed by atoms with Gasteiger partial charge in [-0.2, -0.15) is 0 Å². The Morgan fingerprint density at radius 2 is 1.67 bits per heavy atom. The summed E-state index contributed by atoms with van der Waals surface area (Å²) in [6.07, 6.45) is 8.21. The molecule has 0 spiro atoms. The number of hydrogen-bond donors (Lipinski definition) is 0. The molecule has 0 unspecified atom stereocenters. The monoisotopic (exact) mass is 339 g/mol. The Kier molecular flexibility index (Phi) is 4.50. The molecule has 3 nitrogen and oxygen atoms in total. The Bertz CT molecular complexity index is 765. The van der Waals surface area contributed by atoms with Gasteiger partial charge in [0, 0.05) is 24.8 Å². The van der Waals surface area contributed by atoms with Crippen LogP contribution in [0.5, 0.6) is 0 Å². The van der Waals surface area contributed by atoms with Crippen molar-refractivity contribution < 1.29 is 9.59 Å². The molecule has 0 bridgehead atoms. The van der Waals surface area contributed by atoms with Crippen LogP contribution in [0.3, 0.4) is 0 Å². The van der Waals surface area contributed by atoms with Gasteiger partial charge in [0.05, 0.1) is 16.3 Å². The van der Waals surface area contributed by atoms with Crippen molar-refractivity contribution in [2.45, 2.75) is 31.6 Å². The first-order valence-corrected chi connectivity index (χ1v) is 8.85. The fourth-order valence-corrected chi connectivity index (χ4v) is 4.08. The number of carbonyl (C=O) groups excluding carboxylic acids is 2. The fraction of sp³-hybridized carbons (Fsp3) is 0.300. The summed E-state index contributed by atoms with van der Waals surface area (Å²) in [5, 5.41) is 1.12. The third kappa shape index (κ3) is 3.39. The van der Waals surface area contributed by atoms with Gasteiger partial charge in [-0.1, -0.05) is 49.9 Å². The molecule has 0 amide bonds. The van der Waals surface area contributed by atoms with Crippen LogP contribution in [0, 0.1) is 5.41 Å². The summed E-state index contributed by atoms with van der Waals surface area (Å²) < 4.78 is 0. The molecule has 0 atom stereocenters. The highest BCUT2D eigenvalue weighted by Crippen LogP contribution is 2.44. The predicted octanol–water partition coefficient (Wildman–Crippen LogP) is 4.51. The summed E-state index contributed by atoms with van der Waals surface area (Å²) in [5.74, 6) is -0.0957. The maximum absolute atomic E-state index is 12.1. The smallest absolute Gasteiger partial charge is 0.166 e. The maximum Gasteiger partial charge on any atom is 0.166 e. The number of hydrogen-bond acceptors (Lipinski definition) is 4. The minimum absolute atomic E-state index is 0.0479. The van der Waals surface area contributed by atoms with Crippen LogP contribution in [0.25, 0.3) is 0 Å². The highest BCUT2D eigenvalue weighted by Gasteiger charge is 2.35. The first kappa shape index (κ1) is 16.8. The van der Waals surface area contributed by atoms with Gasteiger partial charge >= 0.3 is 0 Å². The summed E-state index contributed by atoms with van der Waals surface area (Å²) >= 11 is 1.71. The van der Waals surface area contributed by atoms with Gasteiger partial charge in [0.2, 0.25) is 0 Å². The minimum atomic E-state index is -0.216. The number of allylic oxidation sites excluding steroid dienone is 5. The van der Waals surface area contributed by atoms with E-state index in [1.165, 1.54) is 10.6 Å². The Hall–Kier alpha value is -2.07. The maximum atomic E-state index is 12.1. The van der Waals surface area contributed by atoms with E-state index >= 15 is 0 Å². The van der Waals surface area contributed by atoms with E-state index in [2.05, 4.69) is 17.0 Å². The lowest BCUT2D eigenvalue weighted by Crippen LogP contribution is -2.31. The predicted molar refractivity (Wildman–Crippen MR) is 99.0 cm³/mol. The molecule has 2 aliphatic rings. The largest absolute Gasteiger partial charge is 0.338 e. The van der Waals surface area contributed by atoms with Crippen LogP contribution in [0.2, 0.25) is 0 Å². The number of carbonyl (C=O) groups is 2. The molecule has 1 saturated carbocycles. The molecule has 1 fully saturated rings. The number of ketones is 2. The van der Waals surface area contributed by atoms with Gasteiger partial charge in [-0.25, -0.2) is 0 Å². The van der Waals surface area contributed by atoms with Crippen molar-refractivity contribution in [1.82, 2.24) is 0 Å². The Labute approximate surface area is 147 Å². The normalized spacial score (nSPS) is 21.7. The average molecular weight is 339 g/mol. The average Bonchev–Trinajstić information content (AvgIpc) is 2.81. The van der Waals surface area contributed by atoms with E-state index in [9.17, 15) is 9.59 Å². The fourth-order valence-electron chi connectivity index (χ4n) is 3.02. The number of para-hydroxylation sites is 1. The molecule has 0 N–H and O–H groups in total. The van der Waals surface area contributed by atoms with Gasteiger partial charge in [0.15, 0.2) is 11.6 Å². The molecule has 0 saturated heterocycles. The number of anilines is 1. The molecule has 1 heterocycles. The molecular formula is C20H21NO2S. The van der Waals surface area contributed by atoms with Crippen molar-refractivity contribution in [3.05, 3.63) is 59.2 Å². The van der Waals surface area contributed by atoms with E-state index in [0.717, 1.165) is 5.03 Å². The van der Waals surface area contributed by atoms with E-state index in [-0.39, 0.29) is 17.0 Å². The van der Waals surface area contributed by atoms with Gasteiger partial charge in [0.25, 0.3) is 0 Å². The lowest BCUT2D eigenvalue weighted by Gasteiger charge is -2.28. The van der Waals surface area contributed by atoms with Gasteiger partial charge in [0.1, 0.15) is 0 Å². The molecule has 1 aromatic rings. The van der Waals surface area contributed by atoms with Crippen LogP contribution in [0.15, 0.2) is 64.1 Å². The number of Topliss-reactive ketones (excluding diaryl/α,β-unsaturated/α-hetero) is 2. The third-order valence-corrected chi connectivity index (χ3v) is 5.45. The molecule has 1 aliphatic heterocycles. The van der Waals surface area contributed by atoms with Gasteiger partial charge in [-0.15, -0.1) is 0 Å². The second kappa shape index (κ2) is 6.44. The van der Waals surface area contributed by atoms with Gasteiger partial charge in [-0.05, 0) is 29.7 Å². The van der Waals surface area contributed by atoms with Crippen LogP contribution < -0.4 is 4.90 Å². The van der Waals surface area contributed by atoms with Crippen molar-refractivity contribution in [1.29, 1.82) is 0 Å². The molecular weight excluding hydrogens is 318 g/mol. The lowest BCUT2D eigenvalue weighted by molar-refractivity contribution is -0.127. The van der Waals surface area contributed by atoms with Crippen molar-refractivity contribution >= 4 is 29.0 Å². The molecule has 1 aromatic carbocycles. The third-order valence-electron chi connectivity index (χ3n) is 4.26. The number of fused-ring (bicyclic) bond motifs is 1. The summed E-state index contributed by atoms with van der Waals surface area (Å²) in [6, 6.07) is 8.26. The molecule has 4 heteroatoms. The molecule has 0 aromatic heterocycles. The van der Waals surface area contributed by atoms with Crippen LogP contribution in [-0.2, 0) is 9.59 Å². The Morgan fingerprint density at radius 1 is 1.04 bits per heavy atom. The van der Waals surface area contributed by atoms with Gasteiger partial charge in [-0.3, -0.25) is 9.59 Å². The standard InChI is InChI=1S/C20H21NO2S/c1-20(2)12-16(22)14(17(23)13-20)8-4-7-11-19-21(3)15-9-5-6-10-18(15)24-19/h4-11H,12-13H2,1-3H3. The number of rotatable bonds is 2. The minimum Gasteiger partial charge on any atom is -0.338 e. The second-order valence-electron chi connectivity index (χ2n) is 6.96. The highest BCUT2D eigenvalue weighted by molar-refractivity contribution is 8.03. The molecule has 3 rings (SSSR count). The SMILES string of the molecule is CN1C(=CC=CC=C2C(=O)CC(C)(C)CC2=O)Sc2ccccc21. The Balaban J connectivity index is 1.72. The first-order chi connectivity index (χ1) is 11.4. The zero-order valence-electron chi connectivity index (χ0n) is 14.2. The zero-order valence-corrected chi connectivity index (χ0v) is 15.0. The molecule has 0 radical (unpaired) electrons. The van der Waals surface area contributed by atoms with Crippen LogP contribution in [0.1, 0.15) is 26.7 Å². The molecule has 124 valence electrons. The summed E-state index contributed by atoms with van der Waals surface area (Å²) in [6.45, 7) is 3.93. The summed E-state index contributed by atoms with van der Waals surface area (Å²) in [4.78, 5) is 27.6. The number of thioether (sulfide) groups is 1. The first-order valence-electron chi connectivity index (χ1n) is 8.03. The highest BCUT2D eigenvalue weighted by atomic mass is 32.2. The van der Waals surface area contributed by atoms with Crippen molar-refractivity contribution in [2.24, 2.45) is 5.41 Å². The van der Waals surface area contributed by atoms with E-state index in [1.54, 1.807) is 23.9 Å². The number of nitrogens with zero attached hydrogens (tertiary/aromatic N) is 1. The lowest BCUT2D eigenvalue weighted by atomic mass is 9.74. The van der Waals surface area contributed by atoms with E-state index in [4.69, 9.17) is 0 Å². The topological polar surface area (TPSA) is 37.4 Å². The van der Waals surface area contributed by atoms with Crippen LogP contribution >= 0.6 is 11.8 Å². The van der Waals surface area contributed by atoms with E-state index in [0.29, 0.717) is 18.4 Å². The quantitative estimate of drug-likeness (QED) is 0.587. The van der Waals surface area contributed by atoms with E-state index in [1.807, 2.05) is 45.2 Å². The van der Waals surface area contributed by atoms with Gasteiger partial charge < -0.3 is 4.90 Å². The molecule has 24 heavy (non-hydrogen) atoms. The summed E-state index contributed by atoms with van der Waals surface area (Å²) in [7, 11) is 2.03. The second-order valence-corrected chi connectivity index (χ2v) is 8.03. The summed E-state index contributed by atoms with van der Waals surface area (Å²) in [5.41, 5.74) is 1.31. The van der Waals surface area contributed by atoms with Crippen molar-refractivity contribution in [3.63, 3.8) is 0 Å². The van der Waals surface area contributed by atoms with Crippen LogP contribution in [0.4, 0.5) is 5.69 Å².